The van der Waals surface area contributed by atoms with Gasteiger partial charge in [0.15, 0.2) is 0 Å². The third-order valence-corrected chi connectivity index (χ3v) is 3.68. The van der Waals surface area contributed by atoms with E-state index in [9.17, 15) is 4.79 Å². The average Bonchev–Trinajstić information content (AvgIpc) is 2.52. The molecular weight excluding hydrogens is 316 g/mol. The number of hydrogen-bond acceptors (Lipinski definition) is 4. The van der Waals surface area contributed by atoms with Gasteiger partial charge in [-0.3, -0.25) is 0 Å². The molecule has 3 aromatic rings. The minimum absolute atomic E-state index is 0.354. The van der Waals surface area contributed by atoms with Crippen molar-refractivity contribution in [2.45, 2.75) is 6.92 Å². The summed E-state index contributed by atoms with van der Waals surface area (Å²) in [5.41, 5.74) is 1.03. The smallest absolute Gasteiger partial charge is 0.336 e. The first kappa shape index (κ1) is 15.4. The molecule has 0 aliphatic rings. The quantitative estimate of drug-likeness (QED) is 0.519. The molecule has 0 atom stereocenters. The SMILES string of the molecule is Cc1cc(=O)oc2cc(OCCOc3ccccc3Cl)ccc12. The lowest BCUT2D eigenvalue weighted by molar-refractivity contribution is 0.217. The molecule has 1 heterocycles. The van der Waals surface area contributed by atoms with Crippen LogP contribution in [0, 0.1) is 6.92 Å². The van der Waals surface area contributed by atoms with Crippen LogP contribution in [0.15, 0.2) is 57.7 Å². The predicted octanol–water partition coefficient (Wildman–Crippen LogP) is 4.21. The van der Waals surface area contributed by atoms with Gasteiger partial charge in [-0.15, -0.1) is 0 Å². The number of aryl methyl sites for hydroxylation is 1. The second kappa shape index (κ2) is 6.75. The van der Waals surface area contributed by atoms with Gasteiger partial charge in [0, 0.05) is 17.5 Å². The fraction of sp³-hybridized carbons (Fsp3) is 0.167. The van der Waals surface area contributed by atoms with Crippen LogP contribution in [0.25, 0.3) is 11.0 Å². The molecule has 3 rings (SSSR count). The second-order valence-corrected chi connectivity index (χ2v) is 5.44. The van der Waals surface area contributed by atoms with E-state index in [1.165, 1.54) is 6.07 Å². The first-order chi connectivity index (χ1) is 11.1. The van der Waals surface area contributed by atoms with E-state index in [1.807, 2.05) is 31.2 Å². The maximum Gasteiger partial charge on any atom is 0.336 e. The third kappa shape index (κ3) is 3.66. The van der Waals surface area contributed by atoms with Crippen LogP contribution in [-0.4, -0.2) is 13.2 Å². The van der Waals surface area contributed by atoms with Gasteiger partial charge in [0.25, 0.3) is 0 Å². The molecular formula is C18H15ClO4. The Bertz CT molecular complexity index is 886. The lowest BCUT2D eigenvalue weighted by Crippen LogP contribution is -2.09. The molecule has 4 nitrogen and oxygen atoms in total. The summed E-state index contributed by atoms with van der Waals surface area (Å²) >= 11 is 6.01. The number of hydrogen-bond donors (Lipinski definition) is 0. The Labute approximate surface area is 138 Å². The Balaban J connectivity index is 1.63. The van der Waals surface area contributed by atoms with Crippen LogP contribution in [0.2, 0.25) is 5.02 Å². The number of rotatable bonds is 5. The number of para-hydroxylation sites is 1. The van der Waals surface area contributed by atoms with E-state index in [2.05, 4.69) is 0 Å². The zero-order chi connectivity index (χ0) is 16.2. The molecule has 23 heavy (non-hydrogen) atoms. The molecule has 0 amide bonds. The highest BCUT2D eigenvalue weighted by atomic mass is 35.5. The van der Waals surface area contributed by atoms with Gasteiger partial charge >= 0.3 is 5.63 Å². The Hall–Kier alpha value is -2.46. The molecule has 0 fully saturated rings. The van der Waals surface area contributed by atoms with Crippen molar-refractivity contribution < 1.29 is 13.9 Å². The summed E-state index contributed by atoms with van der Waals surface area (Å²) in [5.74, 6) is 1.24. The summed E-state index contributed by atoms with van der Waals surface area (Å²) < 4.78 is 16.4. The van der Waals surface area contributed by atoms with Crippen LogP contribution in [0.3, 0.4) is 0 Å². The van der Waals surface area contributed by atoms with Crippen molar-refractivity contribution in [2.75, 3.05) is 13.2 Å². The highest BCUT2D eigenvalue weighted by Crippen LogP contribution is 2.24. The van der Waals surface area contributed by atoms with Gasteiger partial charge < -0.3 is 13.9 Å². The minimum atomic E-state index is -0.366. The Kier molecular flexibility index (Phi) is 4.53. The Morgan fingerprint density at radius 2 is 1.83 bits per heavy atom. The minimum Gasteiger partial charge on any atom is -0.490 e. The summed E-state index contributed by atoms with van der Waals surface area (Å²) in [4.78, 5) is 11.4. The van der Waals surface area contributed by atoms with Gasteiger partial charge in [-0.2, -0.15) is 0 Å². The Morgan fingerprint density at radius 3 is 2.65 bits per heavy atom. The van der Waals surface area contributed by atoms with E-state index < -0.39 is 0 Å². The standard InChI is InChI=1S/C18H15ClO4/c1-12-10-18(20)23-17-11-13(6-7-14(12)17)21-8-9-22-16-5-3-2-4-15(16)19/h2-7,10-11H,8-9H2,1H3. The third-order valence-electron chi connectivity index (χ3n) is 3.37. The average molecular weight is 331 g/mol. The van der Waals surface area contributed by atoms with Crippen molar-refractivity contribution >= 4 is 22.6 Å². The number of halogens is 1. The van der Waals surface area contributed by atoms with E-state index in [-0.39, 0.29) is 5.63 Å². The summed E-state index contributed by atoms with van der Waals surface area (Å²) in [6.07, 6.45) is 0. The second-order valence-electron chi connectivity index (χ2n) is 5.03. The highest BCUT2D eigenvalue weighted by molar-refractivity contribution is 6.32. The molecule has 0 saturated heterocycles. The maximum atomic E-state index is 11.4. The largest absolute Gasteiger partial charge is 0.490 e. The fourth-order valence-electron chi connectivity index (χ4n) is 2.27. The summed E-state index contributed by atoms with van der Waals surface area (Å²) in [6.45, 7) is 2.59. The van der Waals surface area contributed by atoms with Crippen LogP contribution in [-0.2, 0) is 0 Å². The van der Waals surface area contributed by atoms with Crippen LogP contribution in [0.1, 0.15) is 5.56 Å². The molecule has 0 unspecified atom stereocenters. The molecule has 0 bridgehead atoms. The molecule has 1 aromatic heterocycles. The van der Waals surface area contributed by atoms with Crippen LogP contribution < -0.4 is 15.1 Å². The number of fused-ring (bicyclic) bond motifs is 1. The van der Waals surface area contributed by atoms with Crippen LogP contribution in [0.5, 0.6) is 11.5 Å². The van der Waals surface area contributed by atoms with Gasteiger partial charge in [-0.25, -0.2) is 4.79 Å². The fourth-order valence-corrected chi connectivity index (χ4v) is 2.46. The highest BCUT2D eigenvalue weighted by Gasteiger charge is 2.04. The topological polar surface area (TPSA) is 48.7 Å². The molecule has 0 saturated carbocycles. The van der Waals surface area contributed by atoms with E-state index in [0.717, 1.165) is 10.9 Å². The van der Waals surface area contributed by atoms with Crippen molar-refractivity contribution in [2.24, 2.45) is 0 Å². The summed E-state index contributed by atoms with van der Waals surface area (Å²) in [5, 5.41) is 1.46. The van der Waals surface area contributed by atoms with Gasteiger partial charge in [0.05, 0.1) is 5.02 Å². The van der Waals surface area contributed by atoms with E-state index in [1.54, 1.807) is 18.2 Å². The Morgan fingerprint density at radius 1 is 1.04 bits per heavy atom. The molecule has 0 aliphatic carbocycles. The summed E-state index contributed by atoms with van der Waals surface area (Å²) in [6, 6.07) is 14.2. The van der Waals surface area contributed by atoms with Crippen LogP contribution >= 0.6 is 11.6 Å². The number of benzene rings is 2. The molecule has 0 radical (unpaired) electrons. The van der Waals surface area contributed by atoms with Crippen molar-refractivity contribution in [3.8, 4) is 11.5 Å². The van der Waals surface area contributed by atoms with Gasteiger partial charge in [-0.1, -0.05) is 23.7 Å². The van der Waals surface area contributed by atoms with Crippen molar-refractivity contribution in [3.05, 3.63) is 69.5 Å². The van der Waals surface area contributed by atoms with Gasteiger partial charge in [0.2, 0.25) is 0 Å². The monoisotopic (exact) mass is 330 g/mol. The maximum absolute atomic E-state index is 11.4. The lowest BCUT2D eigenvalue weighted by Gasteiger charge is -2.10. The lowest BCUT2D eigenvalue weighted by atomic mass is 10.1. The van der Waals surface area contributed by atoms with Gasteiger partial charge in [0.1, 0.15) is 30.3 Å². The molecule has 0 N–H and O–H groups in total. The van der Waals surface area contributed by atoms with E-state index in [0.29, 0.717) is 35.3 Å². The molecule has 0 spiro atoms. The molecule has 2 aromatic carbocycles. The molecule has 118 valence electrons. The first-order valence-electron chi connectivity index (χ1n) is 7.18. The zero-order valence-electron chi connectivity index (χ0n) is 12.5. The molecule has 5 heteroatoms. The number of ether oxygens (including phenoxy) is 2. The van der Waals surface area contributed by atoms with Crippen LogP contribution in [0.4, 0.5) is 0 Å². The normalized spacial score (nSPS) is 10.7. The predicted molar refractivity (Wildman–Crippen MR) is 89.7 cm³/mol. The van der Waals surface area contributed by atoms with E-state index >= 15 is 0 Å². The first-order valence-corrected chi connectivity index (χ1v) is 7.56. The van der Waals surface area contributed by atoms with E-state index in [4.69, 9.17) is 25.5 Å². The summed E-state index contributed by atoms with van der Waals surface area (Å²) in [7, 11) is 0. The van der Waals surface area contributed by atoms with Crippen molar-refractivity contribution in [1.29, 1.82) is 0 Å². The van der Waals surface area contributed by atoms with Crippen molar-refractivity contribution in [1.82, 2.24) is 0 Å². The zero-order valence-corrected chi connectivity index (χ0v) is 13.3. The van der Waals surface area contributed by atoms with Crippen molar-refractivity contribution in [3.63, 3.8) is 0 Å². The molecule has 0 aliphatic heterocycles. The van der Waals surface area contributed by atoms with Gasteiger partial charge in [-0.05, 0) is 36.8 Å².